The van der Waals surface area contributed by atoms with E-state index in [-0.39, 0.29) is 35.6 Å². The van der Waals surface area contributed by atoms with Gasteiger partial charge in [0.15, 0.2) is 11.6 Å². The Labute approximate surface area is 238 Å². The molecule has 7 rings (SSSR count). The summed E-state index contributed by atoms with van der Waals surface area (Å²) in [6.07, 6.45) is 3.88. The van der Waals surface area contributed by atoms with Gasteiger partial charge in [0.05, 0.1) is 17.5 Å². The SMILES string of the molecule is CC1=CC(=O)C2=C(C1=O)[C@@H](c1ccc3ccccc3c1O)C1=CC[C@@H]3C(=O)N(c4ccc(Br)cc4)C(=O)[C@@H]3[C@@H]1C2. The molecule has 4 atom stereocenters. The number of fused-ring (bicyclic) bond motifs is 4. The Morgan fingerprint density at radius 3 is 2.42 bits per heavy atom. The fourth-order valence-electron chi connectivity index (χ4n) is 7.07. The number of aromatic hydroxyl groups is 1. The number of Topliss-reactive ketones (excluding diaryl/α,β-unsaturated/α-hetero) is 1. The third-order valence-corrected chi connectivity index (χ3v) is 9.42. The second kappa shape index (κ2) is 8.96. The van der Waals surface area contributed by atoms with Crippen molar-refractivity contribution in [1.29, 1.82) is 0 Å². The molecule has 0 saturated carbocycles. The van der Waals surface area contributed by atoms with Crippen molar-refractivity contribution in [3.63, 3.8) is 0 Å². The Balaban J connectivity index is 1.40. The number of carbonyl (C=O) groups excluding carboxylic acids is 4. The lowest BCUT2D eigenvalue weighted by molar-refractivity contribution is -0.123. The van der Waals surface area contributed by atoms with E-state index >= 15 is 0 Å². The summed E-state index contributed by atoms with van der Waals surface area (Å²) in [5.41, 5.74) is 2.96. The molecule has 1 fully saturated rings. The van der Waals surface area contributed by atoms with Gasteiger partial charge in [-0.1, -0.05) is 64.0 Å². The van der Waals surface area contributed by atoms with E-state index in [0.29, 0.717) is 39.8 Å². The van der Waals surface area contributed by atoms with Gasteiger partial charge in [-0.25, -0.2) is 0 Å². The maximum Gasteiger partial charge on any atom is 0.238 e. The monoisotopic (exact) mass is 593 g/mol. The molecule has 6 nitrogen and oxygen atoms in total. The van der Waals surface area contributed by atoms with Crippen LogP contribution in [0.1, 0.15) is 31.2 Å². The zero-order valence-corrected chi connectivity index (χ0v) is 23.1. The van der Waals surface area contributed by atoms with Crippen molar-refractivity contribution in [3.05, 3.63) is 105 Å². The minimum Gasteiger partial charge on any atom is -0.507 e. The number of hydrogen-bond donors (Lipinski definition) is 1. The lowest BCUT2D eigenvalue weighted by atomic mass is 9.59. The molecule has 3 aromatic rings. The third-order valence-electron chi connectivity index (χ3n) is 8.89. The van der Waals surface area contributed by atoms with E-state index in [1.54, 1.807) is 31.2 Å². The molecule has 198 valence electrons. The largest absolute Gasteiger partial charge is 0.507 e. The molecule has 0 spiro atoms. The molecule has 0 bridgehead atoms. The number of rotatable bonds is 2. The van der Waals surface area contributed by atoms with Crippen LogP contribution in [0.15, 0.2) is 99.6 Å². The predicted molar refractivity (Wildman–Crippen MR) is 154 cm³/mol. The Morgan fingerprint density at radius 2 is 1.65 bits per heavy atom. The zero-order chi connectivity index (χ0) is 27.9. The average molecular weight is 594 g/mol. The molecule has 0 unspecified atom stereocenters. The number of benzene rings is 3. The van der Waals surface area contributed by atoms with E-state index in [0.717, 1.165) is 15.4 Å². The normalized spacial score (nSPS) is 26.0. The second-order valence-electron chi connectivity index (χ2n) is 10.9. The molecule has 1 heterocycles. The lowest BCUT2D eigenvalue weighted by Crippen LogP contribution is -2.39. The summed E-state index contributed by atoms with van der Waals surface area (Å²) in [4.78, 5) is 55.8. The van der Waals surface area contributed by atoms with Crippen LogP contribution in [0.4, 0.5) is 5.69 Å². The van der Waals surface area contributed by atoms with E-state index in [1.807, 2.05) is 42.5 Å². The van der Waals surface area contributed by atoms with Gasteiger partial charge in [-0.2, -0.15) is 0 Å². The molecule has 4 aliphatic rings. The lowest BCUT2D eigenvalue weighted by Gasteiger charge is -2.42. The van der Waals surface area contributed by atoms with E-state index in [1.165, 1.54) is 11.0 Å². The van der Waals surface area contributed by atoms with Crippen LogP contribution < -0.4 is 4.90 Å². The van der Waals surface area contributed by atoms with E-state index < -0.39 is 23.7 Å². The van der Waals surface area contributed by atoms with Crippen molar-refractivity contribution in [3.8, 4) is 5.75 Å². The number of ketones is 2. The summed E-state index contributed by atoms with van der Waals surface area (Å²) in [6.45, 7) is 1.63. The van der Waals surface area contributed by atoms with Crippen LogP contribution in [0.2, 0.25) is 0 Å². The number of anilines is 1. The molecule has 3 aliphatic carbocycles. The standard InChI is InChI=1S/C33H24BrNO5/c1-16-14-26(36)25-15-24-21(12-13-23-28(24)33(40)35(32(23)39)19-9-7-18(34)8-10-19)27(29(25)30(16)37)22-11-6-17-4-2-3-5-20(17)31(22)38/h2-12,14,23-24,27-28,38H,13,15H2,1H3/t23-,24+,27+,28-/m0/s1. The minimum absolute atomic E-state index is 0.0522. The molecule has 1 aliphatic heterocycles. The van der Waals surface area contributed by atoms with Gasteiger partial charge in [-0.3, -0.25) is 24.1 Å². The Bertz CT molecular complexity index is 1780. The number of allylic oxidation sites excluding steroid dienone is 6. The highest BCUT2D eigenvalue weighted by Crippen LogP contribution is 2.56. The van der Waals surface area contributed by atoms with Gasteiger partial charge < -0.3 is 5.11 Å². The third kappa shape index (κ3) is 3.47. The van der Waals surface area contributed by atoms with Gasteiger partial charge in [0.25, 0.3) is 0 Å². The van der Waals surface area contributed by atoms with Gasteiger partial charge in [0.1, 0.15) is 5.75 Å². The highest BCUT2D eigenvalue weighted by molar-refractivity contribution is 9.10. The summed E-state index contributed by atoms with van der Waals surface area (Å²) in [6, 6.07) is 18.2. The van der Waals surface area contributed by atoms with Gasteiger partial charge in [0, 0.05) is 38.1 Å². The molecule has 3 aromatic carbocycles. The van der Waals surface area contributed by atoms with E-state index in [2.05, 4.69) is 15.9 Å². The van der Waals surface area contributed by atoms with Crippen molar-refractivity contribution < 1.29 is 24.3 Å². The number of phenols is 1. The smallest absolute Gasteiger partial charge is 0.238 e. The van der Waals surface area contributed by atoms with Crippen LogP contribution in [0, 0.1) is 17.8 Å². The molecule has 7 heteroatoms. The van der Waals surface area contributed by atoms with Gasteiger partial charge >= 0.3 is 0 Å². The Hall–Kier alpha value is -4.10. The Kier molecular flexibility index (Phi) is 5.58. The van der Waals surface area contributed by atoms with Crippen molar-refractivity contribution in [2.45, 2.75) is 25.7 Å². The first-order valence-corrected chi connectivity index (χ1v) is 14.1. The van der Waals surface area contributed by atoms with E-state index in [4.69, 9.17) is 0 Å². The average Bonchev–Trinajstić information content (AvgIpc) is 3.21. The maximum absolute atomic E-state index is 14.0. The highest BCUT2D eigenvalue weighted by Gasteiger charge is 2.56. The van der Waals surface area contributed by atoms with Crippen LogP contribution in [0.25, 0.3) is 10.8 Å². The molecule has 0 aromatic heterocycles. The molecule has 1 saturated heterocycles. The van der Waals surface area contributed by atoms with Crippen molar-refractivity contribution in [1.82, 2.24) is 0 Å². The molecular weight excluding hydrogens is 570 g/mol. The zero-order valence-electron chi connectivity index (χ0n) is 21.6. The van der Waals surface area contributed by atoms with Crippen molar-refractivity contribution in [2.75, 3.05) is 4.90 Å². The topological polar surface area (TPSA) is 91.8 Å². The van der Waals surface area contributed by atoms with Crippen LogP contribution in [0.5, 0.6) is 5.75 Å². The first-order valence-electron chi connectivity index (χ1n) is 13.3. The fourth-order valence-corrected chi connectivity index (χ4v) is 7.33. The van der Waals surface area contributed by atoms with Crippen LogP contribution in [-0.4, -0.2) is 28.5 Å². The van der Waals surface area contributed by atoms with E-state index in [9.17, 15) is 24.3 Å². The molecular formula is C33H24BrNO5. The second-order valence-corrected chi connectivity index (χ2v) is 11.9. The van der Waals surface area contributed by atoms with Crippen LogP contribution in [0.3, 0.4) is 0 Å². The van der Waals surface area contributed by atoms with Gasteiger partial charge in [-0.05, 0) is 61.4 Å². The number of phenolic OH excluding ortho intramolecular Hbond substituents is 1. The maximum atomic E-state index is 14.0. The first kappa shape index (κ1) is 24.9. The first-order chi connectivity index (χ1) is 19.3. The minimum atomic E-state index is -0.691. The molecule has 1 N–H and O–H groups in total. The summed E-state index contributed by atoms with van der Waals surface area (Å²) in [5.74, 6) is -3.32. The number of halogens is 1. The highest BCUT2D eigenvalue weighted by atomic mass is 79.9. The van der Waals surface area contributed by atoms with Crippen LogP contribution in [-0.2, 0) is 19.2 Å². The van der Waals surface area contributed by atoms with Crippen molar-refractivity contribution >= 4 is 55.8 Å². The van der Waals surface area contributed by atoms with Crippen molar-refractivity contribution in [2.24, 2.45) is 17.8 Å². The van der Waals surface area contributed by atoms with Gasteiger partial charge in [-0.15, -0.1) is 0 Å². The number of imide groups is 1. The fraction of sp³-hybridized carbons (Fsp3) is 0.212. The van der Waals surface area contributed by atoms with Gasteiger partial charge in [0.2, 0.25) is 11.8 Å². The number of hydrogen-bond acceptors (Lipinski definition) is 5. The summed E-state index contributed by atoms with van der Waals surface area (Å²) in [5, 5.41) is 13.0. The molecule has 2 amide bonds. The summed E-state index contributed by atoms with van der Waals surface area (Å²) >= 11 is 3.40. The Morgan fingerprint density at radius 1 is 0.900 bits per heavy atom. The molecule has 0 radical (unpaired) electrons. The molecule has 40 heavy (non-hydrogen) atoms. The summed E-state index contributed by atoms with van der Waals surface area (Å²) < 4.78 is 0.838. The summed E-state index contributed by atoms with van der Waals surface area (Å²) in [7, 11) is 0. The van der Waals surface area contributed by atoms with Crippen LogP contribution >= 0.6 is 15.9 Å². The predicted octanol–water partition coefficient (Wildman–Crippen LogP) is 5.94. The number of amides is 2. The quantitative estimate of drug-likeness (QED) is 0.225. The number of carbonyl (C=O) groups is 4. The number of nitrogens with zero attached hydrogens (tertiary/aromatic N) is 1.